The Morgan fingerprint density at radius 1 is 1.12 bits per heavy atom. The second-order valence-electron chi connectivity index (χ2n) is 3.81. The molecule has 17 heavy (non-hydrogen) atoms. The van der Waals surface area contributed by atoms with E-state index in [9.17, 15) is 0 Å². The highest BCUT2D eigenvalue weighted by molar-refractivity contribution is 6.28. The van der Waals surface area contributed by atoms with Crippen molar-refractivity contribution in [2.24, 2.45) is 0 Å². The van der Waals surface area contributed by atoms with Crippen LogP contribution in [0.3, 0.4) is 0 Å². The number of aromatic nitrogens is 3. The Hall–Kier alpha value is -1.68. The first-order chi connectivity index (χ1) is 8.15. The first-order valence-electron chi connectivity index (χ1n) is 5.35. The van der Waals surface area contributed by atoms with E-state index >= 15 is 0 Å². The van der Waals surface area contributed by atoms with E-state index in [1.165, 1.54) is 11.1 Å². The van der Waals surface area contributed by atoms with E-state index in [2.05, 4.69) is 34.0 Å². The third-order valence-corrected chi connectivity index (χ3v) is 2.72. The maximum Gasteiger partial charge on any atom is 0.227 e. The first kappa shape index (κ1) is 11.8. The molecular weight excluding hydrogens is 236 g/mol. The Morgan fingerprint density at radius 3 is 2.59 bits per heavy atom. The van der Waals surface area contributed by atoms with Crippen LogP contribution >= 0.6 is 11.6 Å². The van der Waals surface area contributed by atoms with Crippen LogP contribution in [0.5, 0.6) is 0 Å². The van der Waals surface area contributed by atoms with Crippen molar-refractivity contribution in [1.82, 2.24) is 15.0 Å². The van der Waals surface area contributed by atoms with Gasteiger partial charge in [0.2, 0.25) is 11.2 Å². The summed E-state index contributed by atoms with van der Waals surface area (Å²) >= 11 is 5.72. The van der Waals surface area contributed by atoms with Gasteiger partial charge in [-0.25, -0.2) is 4.98 Å². The average molecular weight is 249 g/mol. The predicted octanol–water partition coefficient (Wildman–Crippen LogP) is 2.20. The number of anilines is 1. The lowest BCUT2D eigenvalue weighted by Crippen LogP contribution is -2.04. The SMILES string of the molecule is Cc1ccccc1CCc1nc(N)nc(Cl)n1. The van der Waals surface area contributed by atoms with Gasteiger partial charge in [-0.15, -0.1) is 0 Å². The van der Waals surface area contributed by atoms with Crippen LogP contribution in [-0.4, -0.2) is 15.0 Å². The zero-order valence-corrected chi connectivity index (χ0v) is 10.3. The molecule has 0 atom stereocenters. The fourth-order valence-electron chi connectivity index (χ4n) is 1.66. The van der Waals surface area contributed by atoms with Crippen molar-refractivity contribution in [3.05, 3.63) is 46.5 Å². The third-order valence-electron chi connectivity index (χ3n) is 2.55. The van der Waals surface area contributed by atoms with E-state index in [-0.39, 0.29) is 11.2 Å². The highest BCUT2D eigenvalue weighted by atomic mass is 35.5. The lowest BCUT2D eigenvalue weighted by Gasteiger charge is -2.05. The van der Waals surface area contributed by atoms with E-state index in [0.717, 1.165) is 6.42 Å². The molecule has 1 aromatic heterocycles. The normalized spacial score (nSPS) is 10.5. The van der Waals surface area contributed by atoms with Crippen LogP contribution in [0.25, 0.3) is 0 Å². The number of rotatable bonds is 3. The van der Waals surface area contributed by atoms with Gasteiger partial charge in [0.05, 0.1) is 0 Å². The lowest BCUT2D eigenvalue weighted by molar-refractivity contribution is 0.838. The van der Waals surface area contributed by atoms with Crippen molar-refractivity contribution in [1.29, 1.82) is 0 Å². The number of nitrogens with two attached hydrogens (primary N) is 1. The molecule has 0 aliphatic rings. The van der Waals surface area contributed by atoms with Gasteiger partial charge in [0, 0.05) is 6.42 Å². The third kappa shape index (κ3) is 3.14. The molecule has 2 N–H and O–H groups in total. The Balaban J connectivity index is 2.10. The fourth-order valence-corrected chi connectivity index (χ4v) is 1.84. The molecule has 0 saturated heterocycles. The van der Waals surface area contributed by atoms with E-state index in [1.807, 2.05) is 12.1 Å². The molecule has 0 aliphatic heterocycles. The van der Waals surface area contributed by atoms with E-state index < -0.39 is 0 Å². The summed E-state index contributed by atoms with van der Waals surface area (Å²) in [4.78, 5) is 11.8. The van der Waals surface area contributed by atoms with Crippen LogP contribution in [0.1, 0.15) is 17.0 Å². The molecule has 1 heterocycles. The second kappa shape index (κ2) is 5.10. The molecule has 4 nitrogen and oxygen atoms in total. The van der Waals surface area contributed by atoms with Crippen LogP contribution < -0.4 is 5.73 Å². The minimum Gasteiger partial charge on any atom is -0.368 e. The van der Waals surface area contributed by atoms with E-state index in [4.69, 9.17) is 17.3 Å². The van der Waals surface area contributed by atoms with Crippen molar-refractivity contribution >= 4 is 17.5 Å². The van der Waals surface area contributed by atoms with Gasteiger partial charge in [0.1, 0.15) is 5.82 Å². The molecule has 0 spiro atoms. The Bertz CT molecular complexity index is 507. The van der Waals surface area contributed by atoms with Crippen LogP contribution in [0.4, 0.5) is 5.95 Å². The molecule has 0 aliphatic carbocycles. The van der Waals surface area contributed by atoms with Gasteiger partial charge in [0.15, 0.2) is 0 Å². The van der Waals surface area contributed by atoms with Gasteiger partial charge in [0.25, 0.3) is 0 Å². The van der Waals surface area contributed by atoms with Crippen molar-refractivity contribution < 1.29 is 0 Å². The minimum atomic E-state index is 0.150. The standard InChI is InChI=1S/C12H13ClN4/c1-8-4-2-3-5-9(8)6-7-10-15-11(13)17-12(14)16-10/h2-5H,6-7H2,1H3,(H2,14,15,16,17). The van der Waals surface area contributed by atoms with Crippen molar-refractivity contribution in [3.8, 4) is 0 Å². The summed E-state index contributed by atoms with van der Waals surface area (Å²) in [5.74, 6) is 0.801. The fraction of sp³-hybridized carbons (Fsp3) is 0.250. The van der Waals surface area contributed by atoms with Crippen molar-refractivity contribution in [2.45, 2.75) is 19.8 Å². The second-order valence-corrected chi connectivity index (χ2v) is 4.14. The number of benzene rings is 1. The Morgan fingerprint density at radius 2 is 1.88 bits per heavy atom. The van der Waals surface area contributed by atoms with E-state index in [0.29, 0.717) is 12.2 Å². The number of hydrogen-bond donors (Lipinski definition) is 1. The molecule has 0 amide bonds. The van der Waals surface area contributed by atoms with Gasteiger partial charge in [-0.2, -0.15) is 9.97 Å². The first-order valence-corrected chi connectivity index (χ1v) is 5.73. The molecule has 0 fully saturated rings. The summed E-state index contributed by atoms with van der Waals surface area (Å²) in [6.45, 7) is 2.09. The number of halogens is 1. The van der Waals surface area contributed by atoms with Crippen molar-refractivity contribution in [2.75, 3.05) is 5.73 Å². The van der Waals surface area contributed by atoms with E-state index in [1.54, 1.807) is 0 Å². The maximum absolute atomic E-state index is 5.72. The molecule has 0 radical (unpaired) electrons. The van der Waals surface area contributed by atoms with Gasteiger partial charge < -0.3 is 5.73 Å². The van der Waals surface area contributed by atoms with Crippen LogP contribution in [0, 0.1) is 6.92 Å². The highest BCUT2D eigenvalue weighted by Gasteiger charge is 2.04. The summed E-state index contributed by atoms with van der Waals surface area (Å²) in [6, 6.07) is 8.24. The monoisotopic (exact) mass is 248 g/mol. The predicted molar refractivity (Wildman–Crippen MR) is 67.8 cm³/mol. The molecule has 1 aromatic carbocycles. The zero-order chi connectivity index (χ0) is 12.3. The lowest BCUT2D eigenvalue weighted by atomic mass is 10.0. The maximum atomic E-state index is 5.72. The Labute approximate surface area is 105 Å². The Kier molecular flexibility index (Phi) is 3.54. The topological polar surface area (TPSA) is 64.7 Å². The number of hydrogen-bond acceptors (Lipinski definition) is 4. The van der Waals surface area contributed by atoms with Crippen LogP contribution in [-0.2, 0) is 12.8 Å². The molecule has 5 heteroatoms. The van der Waals surface area contributed by atoms with Gasteiger partial charge >= 0.3 is 0 Å². The summed E-state index contributed by atoms with van der Waals surface area (Å²) < 4.78 is 0. The zero-order valence-electron chi connectivity index (χ0n) is 9.52. The number of aryl methyl sites for hydroxylation is 3. The molecule has 2 rings (SSSR count). The summed E-state index contributed by atoms with van der Waals surface area (Å²) in [5, 5.41) is 0.150. The number of nitrogen functional groups attached to an aromatic ring is 1. The largest absolute Gasteiger partial charge is 0.368 e. The quantitative estimate of drug-likeness (QED) is 0.905. The average Bonchev–Trinajstić information content (AvgIpc) is 2.27. The van der Waals surface area contributed by atoms with Gasteiger partial charge in [-0.3, -0.25) is 0 Å². The van der Waals surface area contributed by atoms with Gasteiger partial charge in [-0.1, -0.05) is 24.3 Å². The minimum absolute atomic E-state index is 0.150. The van der Waals surface area contributed by atoms with Crippen LogP contribution in [0.15, 0.2) is 24.3 Å². The summed E-state index contributed by atoms with van der Waals surface area (Å²) in [5.41, 5.74) is 8.06. The van der Waals surface area contributed by atoms with Crippen LogP contribution in [0.2, 0.25) is 5.28 Å². The highest BCUT2D eigenvalue weighted by Crippen LogP contribution is 2.11. The molecular formula is C12H13ClN4. The molecule has 88 valence electrons. The molecule has 0 saturated carbocycles. The van der Waals surface area contributed by atoms with Gasteiger partial charge in [-0.05, 0) is 36.1 Å². The van der Waals surface area contributed by atoms with Crippen molar-refractivity contribution in [3.63, 3.8) is 0 Å². The molecule has 2 aromatic rings. The molecule has 0 unspecified atom stereocenters. The number of nitrogens with zero attached hydrogens (tertiary/aromatic N) is 3. The summed E-state index contributed by atoms with van der Waals surface area (Å²) in [7, 11) is 0. The summed E-state index contributed by atoms with van der Waals surface area (Å²) in [6.07, 6.45) is 1.57. The molecule has 0 bridgehead atoms. The smallest absolute Gasteiger partial charge is 0.227 e.